The number of nitrogens with one attached hydrogen (secondary N) is 1. The molecule has 1 fully saturated rings. The number of methoxy groups -OCH3 is 1. The van der Waals surface area contributed by atoms with Crippen molar-refractivity contribution < 1.29 is 9.53 Å². The lowest BCUT2D eigenvalue weighted by atomic mass is 10.4. The first-order valence-corrected chi connectivity index (χ1v) is 5.94. The summed E-state index contributed by atoms with van der Waals surface area (Å²) in [4.78, 5) is 15.6. The van der Waals surface area contributed by atoms with Crippen molar-refractivity contribution >= 4 is 6.03 Å². The van der Waals surface area contributed by atoms with E-state index < -0.39 is 0 Å². The van der Waals surface area contributed by atoms with Crippen LogP contribution in [0.4, 0.5) is 4.79 Å². The van der Waals surface area contributed by atoms with Crippen LogP contribution in [0.2, 0.25) is 0 Å². The van der Waals surface area contributed by atoms with Gasteiger partial charge in [-0.1, -0.05) is 0 Å². The molecule has 0 saturated carbocycles. The van der Waals surface area contributed by atoms with Crippen molar-refractivity contribution in [2.45, 2.75) is 12.8 Å². The highest BCUT2D eigenvalue weighted by Gasteiger charge is 2.16. The molecular formula is C11H23N3O2. The molecule has 0 bridgehead atoms. The van der Waals surface area contributed by atoms with Crippen molar-refractivity contribution in [3.8, 4) is 0 Å². The van der Waals surface area contributed by atoms with Gasteiger partial charge in [0.15, 0.2) is 0 Å². The van der Waals surface area contributed by atoms with Gasteiger partial charge in [0.2, 0.25) is 0 Å². The summed E-state index contributed by atoms with van der Waals surface area (Å²) in [5.41, 5.74) is 0. The van der Waals surface area contributed by atoms with Crippen LogP contribution in [0.25, 0.3) is 0 Å². The molecule has 1 saturated heterocycles. The van der Waals surface area contributed by atoms with Crippen LogP contribution in [0.15, 0.2) is 0 Å². The van der Waals surface area contributed by atoms with Gasteiger partial charge in [-0.2, -0.15) is 0 Å². The van der Waals surface area contributed by atoms with Crippen LogP contribution in [-0.2, 0) is 4.74 Å². The Morgan fingerprint density at radius 1 is 1.38 bits per heavy atom. The highest BCUT2D eigenvalue weighted by molar-refractivity contribution is 5.74. The van der Waals surface area contributed by atoms with Crippen LogP contribution in [0, 0.1) is 0 Å². The molecule has 2 amide bonds. The highest BCUT2D eigenvalue weighted by Crippen LogP contribution is 2.06. The Labute approximate surface area is 97.7 Å². The average molecular weight is 229 g/mol. The third-order valence-corrected chi connectivity index (χ3v) is 2.84. The third kappa shape index (κ3) is 4.81. The summed E-state index contributed by atoms with van der Waals surface area (Å²) < 4.78 is 4.98. The van der Waals surface area contributed by atoms with Crippen molar-refractivity contribution in [1.82, 2.24) is 15.1 Å². The van der Waals surface area contributed by atoms with Crippen molar-refractivity contribution in [3.05, 3.63) is 0 Å². The van der Waals surface area contributed by atoms with Crippen molar-refractivity contribution in [2.75, 3.05) is 53.5 Å². The Morgan fingerprint density at radius 3 is 2.69 bits per heavy atom. The predicted octanol–water partition coefficient (Wildman–Crippen LogP) is 0.370. The molecule has 16 heavy (non-hydrogen) atoms. The molecule has 0 atom stereocenters. The van der Waals surface area contributed by atoms with Crippen molar-refractivity contribution in [2.24, 2.45) is 0 Å². The van der Waals surface area contributed by atoms with E-state index in [1.54, 1.807) is 7.11 Å². The molecule has 1 heterocycles. The largest absolute Gasteiger partial charge is 0.383 e. The standard InChI is InChI=1S/C11H23N3O2/c1-13(9-10-16-2)8-5-12-11(15)14-6-3-4-7-14/h3-10H2,1-2H3,(H,12,15). The molecule has 1 rings (SSSR count). The highest BCUT2D eigenvalue weighted by atomic mass is 16.5. The SMILES string of the molecule is COCCN(C)CCNC(=O)N1CCCC1. The van der Waals surface area contributed by atoms with Gasteiger partial charge in [0, 0.05) is 39.8 Å². The normalized spacial score (nSPS) is 15.8. The first kappa shape index (κ1) is 13.3. The molecule has 1 aliphatic heterocycles. The third-order valence-electron chi connectivity index (χ3n) is 2.84. The number of carbonyl (C=O) groups excluding carboxylic acids is 1. The fourth-order valence-electron chi connectivity index (χ4n) is 1.74. The molecule has 94 valence electrons. The smallest absolute Gasteiger partial charge is 0.317 e. The maximum Gasteiger partial charge on any atom is 0.317 e. The zero-order chi connectivity index (χ0) is 11.8. The summed E-state index contributed by atoms with van der Waals surface area (Å²) in [6.07, 6.45) is 2.28. The number of ether oxygens (including phenoxy) is 1. The van der Waals surface area contributed by atoms with Gasteiger partial charge in [-0.15, -0.1) is 0 Å². The molecule has 0 unspecified atom stereocenters. The maximum atomic E-state index is 11.6. The Bertz CT molecular complexity index is 205. The molecule has 1 aliphatic rings. The lowest BCUT2D eigenvalue weighted by molar-refractivity contribution is 0.161. The van der Waals surface area contributed by atoms with Gasteiger partial charge in [-0.25, -0.2) is 4.79 Å². The second-order valence-electron chi connectivity index (χ2n) is 4.22. The van der Waals surface area contributed by atoms with E-state index in [0.717, 1.165) is 45.6 Å². The fourth-order valence-corrected chi connectivity index (χ4v) is 1.74. The van der Waals surface area contributed by atoms with E-state index in [9.17, 15) is 4.79 Å². The van der Waals surface area contributed by atoms with E-state index in [4.69, 9.17) is 4.74 Å². The summed E-state index contributed by atoms with van der Waals surface area (Å²) in [5, 5.41) is 2.94. The van der Waals surface area contributed by atoms with Gasteiger partial charge in [0.1, 0.15) is 0 Å². The Kier molecular flexibility index (Phi) is 6.18. The van der Waals surface area contributed by atoms with Gasteiger partial charge in [0.25, 0.3) is 0 Å². The van der Waals surface area contributed by atoms with Crippen LogP contribution >= 0.6 is 0 Å². The lowest BCUT2D eigenvalue weighted by Crippen LogP contribution is -2.41. The van der Waals surface area contributed by atoms with Gasteiger partial charge >= 0.3 is 6.03 Å². The molecule has 0 aliphatic carbocycles. The fraction of sp³-hybridized carbons (Fsp3) is 0.909. The summed E-state index contributed by atoms with van der Waals surface area (Å²) in [5.74, 6) is 0. The second-order valence-corrected chi connectivity index (χ2v) is 4.22. The Hall–Kier alpha value is -0.810. The lowest BCUT2D eigenvalue weighted by Gasteiger charge is -2.19. The van der Waals surface area contributed by atoms with Crippen LogP contribution in [0.1, 0.15) is 12.8 Å². The van der Waals surface area contributed by atoms with Crippen molar-refractivity contribution in [1.29, 1.82) is 0 Å². The maximum absolute atomic E-state index is 11.6. The van der Waals surface area contributed by atoms with E-state index in [-0.39, 0.29) is 6.03 Å². The predicted molar refractivity (Wildman–Crippen MR) is 63.6 cm³/mol. The summed E-state index contributed by atoms with van der Waals surface area (Å²) in [6, 6.07) is 0.0811. The number of rotatable bonds is 6. The number of likely N-dealkylation sites (tertiary alicyclic amines) is 1. The van der Waals surface area contributed by atoms with Gasteiger partial charge < -0.3 is 19.9 Å². The number of likely N-dealkylation sites (N-methyl/N-ethyl adjacent to an activating group) is 1. The summed E-state index contributed by atoms with van der Waals surface area (Å²) in [6.45, 7) is 5.02. The molecule has 0 spiro atoms. The van der Waals surface area contributed by atoms with Crippen LogP contribution in [-0.4, -0.2) is 69.3 Å². The zero-order valence-corrected chi connectivity index (χ0v) is 10.4. The molecule has 0 aromatic carbocycles. The molecule has 0 aromatic heterocycles. The molecule has 5 nitrogen and oxygen atoms in total. The van der Waals surface area contributed by atoms with Gasteiger partial charge in [0.05, 0.1) is 6.61 Å². The number of amides is 2. The summed E-state index contributed by atoms with van der Waals surface area (Å²) >= 11 is 0. The molecule has 1 N–H and O–H groups in total. The molecule has 0 radical (unpaired) electrons. The molecule has 0 aromatic rings. The van der Waals surface area contributed by atoms with Crippen molar-refractivity contribution in [3.63, 3.8) is 0 Å². The minimum Gasteiger partial charge on any atom is -0.383 e. The van der Waals surface area contributed by atoms with E-state index in [0.29, 0.717) is 6.54 Å². The van der Waals surface area contributed by atoms with E-state index in [1.807, 2.05) is 11.9 Å². The van der Waals surface area contributed by atoms with Crippen LogP contribution in [0.5, 0.6) is 0 Å². The minimum absolute atomic E-state index is 0.0811. The Balaban J connectivity index is 2.03. The van der Waals surface area contributed by atoms with E-state index >= 15 is 0 Å². The quantitative estimate of drug-likeness (QED) is 0.716. The molecule has 5 heteroatoms. The van der Waals surface area contributed by atoms with Gasteiger partial charge in [-0.3, -0.25) is 0 Å². The molecular weight excluding hydrogens is 206 g/mol. The topological polar surface area (TPSA) is 44.8 Å². The van der Waals surface area contributed by atoms with E-state index in [1.165, 1.54) is 0 Å². The zero-order valence-electron chi connectivity index (χ0n) is 10.4. The van der Waals surface area contributed by atoms with Crippen LogP contribution < -0.4 is 5.32 Å². The number of hydrogen-bond acceptors (Lipinski definition) is 3. The summed E-state index contributed by atoms with van der Waals surface area (Å²) in [7, 11) is 3.73. The first-order valence-electron chi connectivity index (χ1n) is 5.94. The second kappa shape index (κ2) is 7.46. The van der Waals surface area contributed by atoms with E-state index in [2.05, 4.69) is 10.2 Å². The number of carbonyl (C=O) groups is 1. The Morgan fingerprint density at radius 2 is 2.06 bits per heavy atom. The number of urea groups is 1. The monoisotopic (exact) mass is 229 g/mol. The number of hydrogen-bond donors (Lipinski definition) is 1. The first-order chi connectivity index (χ1) is 7.74. The van der Waals surface area contributed by atoms with Gasteiger partial charge in [-0.05, 0) is 19.9 Å². The minimum atomic E-state index is 0.0811. The van der Waals surface area contributed by atoms with Crippen LogP contribution in [0.3, 0.4) is 0 Å². The average Bonchev–Trinajstić information content (AvgIpc) is 2.79. The number of nitrogens with zero attached hydrogens (tertiary/aromatic N) is 2.